The molecular weight excluding hydrogens is 354 g/mol. The molecule has 3 rings (SSSR count). The van der Waals surface area contributed by atoms with Crippen molar-refractivity contribution in [2.24, 2.45) is 11.5 Å². The van der Waals surface area contributed by atoms with Crippen LogP contribution in [-0.2, 0) is 13.0 Å². The number of amides is 2. The first kappa shape index (κ1) is 19.2. The quantitative estimate of drug-likeness (QED) is 0.579. The molecule has 7 nitrogen and oxygen atoms in total. The van der Waals surface area contributed by atoms with Crippen LogP contribution in [0.25, 0.3) is 11.3 Å². The van der Waals surface area contributed by atoms with Crippen LogP contribution in [0.15, 0.2) is 60.8 Å². The zero-order chi connectivity index (χ0) is 19.9. The minimum Gasteiger partial charge on any atom is -0.364 e. The van der Waals surface area contributed by atoms with Crippen LogP contribution in [0.5, 0.6) is 0 Å². The molecule has 28 heavy (non-hydrogen) atoms. The lowest BCUT2D eigenvalue weighted by Crippen LogP contribution is -2.22. The molecule has 7 heteroatoms. The highest BCUT2D eigenvalue weighted by atomic mass is 16.2. The number of carbonyl (C=O) groups is 2. The lowest BCUT2D eigenvalue weighted by molar-refractivity contribution is 0.0949. The van der Waals surface area contributed by atoms with Gasteiger partial charge in [0.1, 0.15) is 5.69 Å². The van der Waals surface area contributed by atoms with Crippen LogP contribution in [0, 0.1) is 0 Å². The summed E-state index contributed by atoms with van der Waals surface area (Å²) in [6, 6.07) is 16.6. The fourth-order valence-electron chi connectivity index (χ4n) is 2.77. The van der Waals surface area contributed by atoms with Gasteiger partial charge in [-0.25, -0.2) is 4.98 Å². The minimum atomic E-state index is -0.658. The molecule has 0 aliphatic heterocycles. The van der Waals surface area contributed by atoms with Gasteiger partial charge in [0.05, 0.1) is 17.6 Å². The number of hydrogen-bond acceptors (Lipinski definition) is 5. The predicted molar refractivity (Wildman–Crippen MR) is 106 cm³/mol. The summed E-state index contributed by atoms with van der Waals surface area (Å²) in [5.74, 6) is -0.858. The van der Waals surface area contributed by atoms with E-state index in [0.29, 0.717) is 42.0 Å². The molecule has 0 unspecified atom stereocenters. The maximum Gasteiger partial charge on any atom is 0.269 e. The Morgan fingerprint density at radius 1 is 1.04 bits per heavy atom. The monoisotopic (exact) mass is 375 g/mol. The number of nitrogens with zero attached hydrogens (tertiary/aromatic N) is 2. The van der Waals surface area contributed by atoms with Crippen molar-refractivity contribution >= 4 is 11.8 Å². The number of aromatic nitrogens is 2. The predicted octanol–water partition coefficient (Wildman–Crippen LogP) is 1.67. The molecule has 5 N–H and O–H groups in total. The van der Waals surface area contributed by atoms with E-state index in [9.17, 15) is 9.59 Å². The van der Waals surface area contributed by atoms with E-state index in [-0.39, 0.29) is 11.6 Å². The average molecular weight is 375 g/mol. The Kier molecular flexibility index (Phi) is 6.08. The van der Waals surface area contributed by atoms with Gasteiger partial charge in [-0.1, -0.05) is 42.5 Å². The third-order valence-electron chi connectivity index (χ3n) is 4.18. The van der Waals surface area contributed by atoms with Gasteiger partial charge in [-0.15, -0.1) is 0 Å². The fourth-order valence-corrected chi connectivity index (χ4v) is 2.77. The molecule has 0 radical (unpaired) electrons. The maximum atomic E-state index is 12.5. The zero-order valence-electron chi connectivity index (χ0n) is 15.3. The van der Waals surface area contributed by atoms with Crippen LogP contribution in [0.3, 0.4) is 0 Å². The lowest BCUT2D eigenvalue weighted by Gasteiger charge is -2.09. The van der Waals surface area contributed by atoms with Crippen molar-refractivity contribution in [2.75, 3.05) is 6.54 Å². The standard InChI is InChI=1S/C21H21N5O2/c22-10-9-17-19(20(23)27)26-18(13-24-17)15-7-4-8-16(11-15)21(28)25-12-14-5-2-1-3-6-14/h1-8,11,13H,9-10,12,22H2,(H2,23,27)(H,25,28). The van der Waals surface area contributed by atoms with E-state index in [0.717, 1.165) is 5.56 Å². The van der Waals surface area contributed by atoms with Gasteiger partial charge in [0.15, 0.2) is 0 Å². The first-order valence-electron chi connectivity index (χ1n) is 8.87. The molecular formula is C21H21N5O2. The Labute approximate surface area is 162 Å². The minimum absolute atomic E-state index is 0.0990. The van der Waals surface area contributed by atoms with E-state index in [1.807, 2.05) is 30.3 Å². The number of benzene rings is 2. The summed E-state index contributed by atoms with van der Waals surface area (Å²) in [4.78, 5) is 32.8. The SMILES string of the molecule is NCCc1ncc(-c2cccc(C(=O)NCc3ccccc3)c2)nc1C(N)=O. The van der Waals surface area contributed by atoms with Crippen molar-refractivity contribution in [3.8, 4) is 11.3 Å². The van der Waals surface area contributed by atoms with Gasteiger partial charge in [0.2, 0.25) is 0 Å². The molecule has 1 aromatic heterocycles. The van der Waals surface area contributed by atoms with E-state index in [2.05, 4.69) is 15.3 Å². The number of rotatable bonds is 7. The second kappa shape index (κ2) is 8.88. The van der Waals surface area contributed by atoms with Crippen molar-refractivity contribution in [1.82, 2.24) is 15.3 Å². The summed E-state index contributed by atoms with van der Waals surface area (Å²) in [5.41, 5.74) is 14.2. The van der Waals surface area contributed by atoms with Crippen molar-refractivity contribution in [2.45, 2.75) is 13.0 Å². The molecule has 0 saturated heterocycles. The van der Waals surface area contributed by atoms with Crippen LogP contribution >= 0.6 is 0 Å². The van der Waals surface area contributed by atoms with Crippen LogP contribution in [0.4, 0.5) is 0 Å². The van der Waals surface area contributed by atoms with Crippen molar-refractivity contribution in [3.05, 3.63) is 83.3 Å². The molecule has 0 spiro atoms. The fraction of sp³-hybridized carbons (Fsp3) is 0.143. The van der Waals surface area contributed by atoms with Gasteiger partial charge in [-0.05, 0) is 24.2 Å². The lowest BCUT2D eigenvalue weighted by atomic mass is 10.1. The van der Waals surface area contributed by atoms with Crippen molar-refractivity contribution < 1.29 is 9.59 Å². The summed E-state index contributed by atoms with van der Waals surface area (Å²) in [6.07, 6.45) is 1.96. The van der Waals surface area contributed by atoms with Gasteiger partial charge in [0.25, 0.3) is 11.8 Å². The molecule has 142 valence electrons. The van der Waals surface area contributed by atoms with Crippen LogP contribution in [0.2, 0.25) is 0 Å². The third-order valence-corrected chi connectivity index (χ3v) is 4.18. The summed E-state index contributed by atoms with van der Waals surface area (Å²) < 4.78 is 0. The molecule has 1 heterocycles. The molecule has 0 fully saturated rings. The Morgan fingerprint density at radius 3 is 2.54 bits per heavy atom. The first-order valence-corrected chi connectivity index (χ1v) is 8.87. The normalized spacial score (nSPS) is 10.5. The van der Waals surface area contributed by atoms with Gasteiger partial charge >= 0.3 is 0 Å². The smallest absolute Gasteiger partial charge is 0.269 e. The van der Waals surface area contributed by atoms with E-state index >= 15 is 0 Å². The maximum absolute atomic E-state index is 12.5. The highest BCUT2D eigenvalue weighted by molar-refractivity contribution is 5.95. The van der Waals surface area contributed by atoms with Gasteiger partial charge in [-0.2, -0.15) is 0 Å². The number of nitrogens with two attached hydrogens (primary N) is 2. The van der Waals surface area contributed by atoms with Crippen LogP contribution < -0.4 is 16.8 Å². The van der Waals surface area contributed by atoms with E-state index < -0.39 is 5.91 Å². The Hall–Kier alpha value is -3.58. The molecule has 2 amide bonds. The van der Waals surface area contributed by atoms with Crippen LogP contribution in [0.1, 0.15) is 32.1 Å². The second-order valence-corrected chi connectivity index (χ2v) is 6.20. The summed E-state index contributed by atoms with van der Waals surface area (Å²) >= 11 is 0. The van der Waals surface area contributed by atoms with E-state index in [4.69, 9.17) is 11.5 Å². The Balaban J connectivity index is 1.82. The Morgan fingerprint density at radius 2 is 1.82 bits per heavy atom. The molecule has 0 aliphatic rings. The van der Waals surface area contributed by atoms with Crippen molar-refractivity contribution in [1.29, 1.82) is 0 Å². The number of hydrogen-bond donors (Lipinski definition) is 3. The number of primary amides is 1. The van der Waals surface area contributed by atoms with Gasteiger partial charge in [-0.3, -0.25) is 14.6 Å². The molecule has 3 aromatic rings. The summed E-state index contributed by atoms with van der Waals surface area (Å²) in [6.45, 7) is 0.773. The largest absolute Gasteiger partial charge is 0.364 e. The van der Waals surface area contributed by atoms with Crippen molar-refractivity contribution in [3.63, 3.8) is 0 Å². The topological polar surface area (TPSA) is 124 Å². The molecule has 0 bridgehead atoms. The zero-order valence-corrected chi connectivity index (χ0v) is 15.3. The highest BCUT2D eigenvalue weighted by Gasteiger charge is 2.14. The Bertz CT molecular complexity index is 989. The summed E-state index contributed by atoms with van der Waals surface area (Å²) in [7, 11) is 0. The number of carbonyl (C=O) groups excluding carboxylic acids is 2. The van der Waals surface area contributed by atoms with E-state index in [1.54, 1.807) is 30.5 Å². The second-order valence-electron chi connectivity index (χ2n) is 6.20. The first-order chi connectivity index (χ1) is 13.6. The molecule has 0 atom stereocenters. The highest BCUT2D eigenvalue weighted by Crippen LogP contribution is 2.19. The molecule has 0 aliphatic carbocycles. The summed E-state index contributed by atoms with van der Waals surface area (Å²) in [5, 5.41) is 2.89. The molecule has 2 aromatic carbocycles. The third kappa shape index (κ3) is 4.57. The van der Waals surface area contributed by atoms with E-state index in [1.165, 1.54) is 0 Å². The molecule has 0 saturated carbocycles. The average Bonchev–Trinajstić information content (AvgIpc) is 2.73. The number of nitrogens with one attached hydrogen (secondary N) is 1. The van der Waals surface area contributed by atoms with Gasteiger partial charge < -0.3 is 16.8 Å². The van der Waals surface area contributed by atoms with Gasteiger partial charge in [0, 0.05) is 24.1 Å². The van der Waals surface area contributed by atoms with Crippen LogP contribution in [-0.4, -0.2) is 28.3 Å².